The van der Waals surface area contributed by atoms with Gasteiger partial charge in [0.05, 0.1) is 6.04 Å². The van der Waals surface area contributed by atoms with Crippen LogP contribution >= 0.6 is 0 Å². The van der Waals surface area contributed by atoms with Crippen LogP contribution in [0, 0.1) is 0 Å². The molecule has 0 spiro atoms. The molecule has 0 aromatic rings. The number of aliphatic hydroxyl groups excluding tert-OH is 1. The first-order valence-electron chi connectivity index (χ1n) is 2.79. The van der Waals surface area contributed by atoms with E-state index in [2.05, 4.69) is 5.32 Å². The first kappa shape index (κ1) is 8.39. The molecular weight excluding hydrogens is 120 g/mol. The van der Waals surface area contributed by atoms with Crippen LogP contribution in [0.1, 0.15) is 6.42 Å². The number of aliphatic hydroxyl groups is 1. The molecule has 1 amide bonds. The second kappa shape index (κ2) is 4.29. The molecule has 0 radical (unpaired) electrons. The molecule has 0 unspecified atom stereocenters. The summed E-state index contributed by atoms with van der Waals surface area (Å²) in [6.07, 6.45) is 0.381. The van der Waals surface area contributed by atoms with Gasteiger partial charge < -0.3 is 16.2 Å². The molecule has 0 aliphatic heterocycles. The Labute approximate surface area is 54.0 Å². The quantitative estimate of drug-likeness (QED) is 0.433. The number of carbonyl (C=O) groups excluding carboxylic acids is 1. The molecule has 4 heteroatoms. The summed E-state index contributed by atoms with van der Waals surface area (Å²) in [6.45, 7) is -0.0194. The molecule has 0 fully saturated rings. The second-order valence-corrected chi connectivity index (χ2v) is 1.76. The Morgan fingerprint density at radius 1 is 1.89 bits per heavy atom. The van der Waals surface area contributed by atoms with Gasteiger partial charge in [0, 0.05) is 6.61 Å². The minimum absolute atomic E-state index is 0.0194. The van der Waals surface area contributed by atoms with E-state index in [0.717, 1.165) is 0 Å². The predicted octanol–water partition coefficient (Wildman–Crippen LogP) is -1.56. The van der Waals surface area contributed by atoms with E-state index in [9.17, 15) is 4.79 Å². The number of rotatable bonds is 4. The standard InChI is InChI=1S/C5H12N2O2/c1-7-4(2-3-8)5(6)9/h4,7-8H,2-3H2,1H3,(H2,6,9)/t4-/m1/s1. The van der Waals surface area contributed by atoms with Crippen molar-refractivity contribution in [2.45, 2.75) is 12.5 Å². The minimum atomic E-state index is -0.424. The number of primary amides is 1. The lowest BCUT2D eigenvalue weighted by atomic mass is 10.2. The van der Waals surface area contributed by atoms with Crippen molar-refractivity contribution in [3.63, 3.8) is 0 Å². The molecule has 0 aromatic carbocycles. The van der Waals surface area contributed by atoms with Crippen molar-refractivity contribution in [2.75, 3.05) is 13.7 Å². The minimum Gasteiger partial charge on any atom is -0.396 e. The lowest BCUT2D eigenvalue weighted by molar-refractivity contribution is -0.120. The monoisotopic (exact) mass is 132 g/mol. The number of hydrogen-bond acceptors (Lipinski definition) is 3. The third-order valence-corrected chi connectivity index (χ3v) is 1.11. The van der Waals surface area contributed by atoms with Crippen LogP contribution in [0.4, 0.5) is 0 Å². The van der Waals surface area contributed by atoms with Crippen LogP contribution < -0.4 is 11.1 Å². The summed E-state index contributed by atoms with van der Waals surface area (Å²) in [5, 5.41) is 11.0. The SMILES string of the molecule is CN[C@H](CCO)C(N)=O. The Kier molecular flexibility index (Phi) is 4.00. The van der Waals surface area contributed by atoms with Gasteiger partial charge in [0.15, 0.2) is 0 Å². The molecule has 0 aromatic heterocycles. The molecule has 0 saturated carbocycles. The number of amides is 1. The third kappa shape index (κ3) is 3.05. The topological polar surface area (TPSA) is 75.3 Å². The van der Waals surface area contributed by atoms with Crippen LogP contribution in [0.5, 0.6) is 0 Å². The average molecular weight is 132 g/mol. The number of hydrogen-bond donors (Lipinski definition) is 3. The summed E-state index contributed by atoms with van der Waals surface area (Å²) in [7, 11) is 1.63. The van der Waals surface area contributed by atoms with Crippen molar-refractivity contribution in [2.24, 2.45) is 5.73 Å². The van der Waals surface area contributed by atoms with Gasteiger partial charge in [-0.3, -0.25) is 4.79 Å². The van der Waals surface area contributed by atoms with E-state index in [4.69, 9.17) is 10.8 Å². The van der Waals surface area contributed by atoms with Gasteiger partial charge in [0.1, 0.15) is 0 Å². The maximum Gasteiger partial charge on any atom is 0.234 e. The Morgan fingerprint density at radius 3 is 2.56 bits per heavy atom. The fraction of sp³-hybridized carbons (Fsp3) is 0.800. The van der Waals surface area contributed by atoms with Gasteiger partial charge in [-0.15, -0.1) is 0 Å². The highest BCUT2D eigenvalue weighted by Gasteiger charge is 2.09. The average Bonchev–Trinajstić information content (AvgIpc) is 1.82. The zero-order valence-corrected chi connectivity index (χ0v) is 5.42. The zero-order valence-electron chi connectivity index (χ0n) is 5.42. The van der Waals surface area contributed by atoms with Crippen molar-refractivity contribution >= 4 is 5.91 Å². The lowest BCUT2D eigenvalue weighted by Gasteiger charge is -2.08. The lowest BCUT2D eigenvalue weighted by Crippen LogP contribution is -2.39. The molecular formula is C5H12N2O2. The largest absolute Gasteiger partial charge is 0.396 e. The molecule has 0 rings (SSSR count). The Morgan fingerprint density at radius 2 is 2.44 bits per heavy atom. The summed E-state index contributed by atoms with van der Waals surface area (Å²) in [5.41, 5.74) is 4.92. The maximum absolute atomic E-state index is 10.4. The Bertz CT molecular complexity index is 95.0. The normalized spacial score (nSPS) is 13.1. The number of nitrogens with two attached hydrogens (primary N) is 1. The van der Waals surface area contributed by atoms with E-state index in [0.29, 0.717) is 6.42 Å². The number of likely N-dealkylation sites (N-methyl/N-ethyl adjacent to an activating group) is 1. The Balaban J connectivity index is 3.54. The van der Waals surface area contributed by atoms with Gasteiger partial charge >= 0.3 is 0 Å². The highest BCUT2D eigenvalue weighted by atomic mass is 16.3. The predicted molar refractivity (Wildman–Crippen MR) is 33.7 cm³/mol. The van der Waals surface area contributed by atoms with Gasteiger partial charge in [-0.25, -0.2) is 0 Å². The Hall–Kier alpha value is -0.610. The van der Waals surface area contributed by atoms with Gasteiger partial charge in [-0.1, -0.05) is 0 Å². The zero-order chi connectivity index (χ0) is 7.28. The van der Waals surface area contributed by atoms with Crippen molar-refractivity contribution in [1.29, 1.82) is 0 Å². The molecule has 0 aliphatic carbocycles. The fourth-order valence-corrected chi connectivity index (χ4v) is 0.558. The van der Waals surface area contributed by atoms with E-state index in [1.54, 1.807) is 7.05 Å². The molecule has 4 N–H and O–H groups in total. The molecule has 1 atom stereocenters. The van der Waals surface area contributed by atoms with E-state index in [-0.39, 0.29) is 6.61 Å². The van der Waals surface area contributed by atoms with Crippen molar-refractivity contribution in [3.05, 3.63) is 0 Å². The van der Waals surface area contributed by atoms with Gasteiger partial charge in [0.2, 0.25) is 5.91 Å². The maximum atomic E-state index is 10.4. The van der Waals surface area contributed by atoms with Crippen LogP contribution in [-0.4, -0.2) is 30.7 Å². The molecule has 9 heavy (non-hydrogen) atoms. The summed E-state index contributed by atoms with van der Waals surface area (Å²) >= 11 is 0. The molecule has 4 nitrogen and oxygen atoms in total. The van der Waals surface area contributed by atoms with E-state index < -0.39 is 11.9 Å². The summed E-state index contributed by atoms with van der Waals surface area (Å²) in [6, 6.07) is -0.394. The smallest absolute Gasteiger partial charge is 0.234 e. The summed E-state index contributed by atoms with van der Waals surface area (Å²) < 4.78 is 0. The van der Waals surface area contributed by atoms with Gasteiger partial charge in [-0.2, -0.15) is 0 Å². The van der Waals surface area contributed by atoms with Crippen LogP contribution in [-0.2, 0) is 4.79 Å². The molecule has 0 heterocycles. The molecule has 0 bridgehead atoms. The van der Waals surface area contributed by atoms with E-state index in [1.165, 1.54) is 0 Å². The fourth-order valence-electron chi connectivity index (χ4n) is 0.558. The molecule has 54 valence electrons. The summed E-state index contributed by atoms with van der Waals surface area (Å²) in [5.74, 6) is -0.424. The highest BCUT2D eigenvalue weighted by Crippen LogP contribution is 1.86. The van der Waals surface area contributed by atoms with Gasteiger partial charge in [-0.05, 0) is 13.5 Å². The first-order valence-corrected chi connectivity index (χ1v) is 2.79. The number of nitrogens with one attached hydrogen (secondary N) is 1. The van der Waals surface area contributed by atoms with Crippen molar-refractivity contribution < 1.29 is 9.90 Å². The van der Waals surface area contributed by atoms with Crippen LogP contribution in [0.15, 0.2) is 0 Å². The third-order valence-electron chi connectivity index (χ3n) is 1.11. The summed E-state index contributed by atoms with van der Waals surface area (Å²) in [4.78, 5) is 10.4. The second-order valence-electron chi connectivity index (χ2n) is 1.76. The number of carbonyl (C=O) groups is 1. The highest BCUT2D eigenvalue weighted by molar-refractivity contribution is 5.79. The first-order chi connectivity index (χ1) is 4.22. The van der Waals surface area contributed by atoms with Gasteiger partial charge in [0.25, 0.3) is 0 Å². The molecule has 0 saturated heterocycles. The van der Waals surface area contributed by atoms with E-state index in [1.807, 2.05) is 0 Å². The van der Waals surface area contributed by atoms with E-state index >= 15 is 0 Å². The van der Waals surface area contributed by atoms with Crippen LogP contribution in [0.25, 0.3) is 0 Å². The van der Waals surface area contributed by atoms with Crippen molar-refractivity contribution in [1.82, 2.24) is 5.32 Å². The van der Waals surface area contributed by atoms with Crippen LogP contribution in [0.3, 0.4) is 0 Å². The van der Waals surface area contributed by atoms with Crippen molar-refractivity contribution in [3.8, 4) is 0 Å². The van der Waals surface area contributed by atoms with Crippen LogP contribution in [0.2, 0.25) is 0 Å². The molecule has 0 aliphatic rings.